The zero-order chi connectivity index (χ0) is 19.4. The lowest BCUT2D eigenvalue weighted by atomic mass is 9.43. The summed E-state index contributed by atoms with van der Waals surface area (Å²) in [5.74, 6) is 0.236. The number of carbonyl (C=O) groups excluding carboxylic acids is 2. The second-order valence-electron chi connectivity index (χ2n) is 9.15. The Hall–Kier alpha value is -1.12. The Balaban J connectivity index is 1.57. The molecule has 146 valence electrons. The molecule has 0 spiro atoms. The zero-order valence-corrected chi connectivity index (χ0v) is 16.7. The molecule has 2 amide bonds. The first-order valence-corrected chi connectivity index (χ1v) is 9.66. The first-order chi connectivity index (χ1) is 12.0. The van der Waals surface area contributed by atoms with Crippen molar-refractivity contribution in [2.24, 2.45) is 23.0 Å². The molecule has 3 aliphatic carbocycles. The Kier molecular flexibility index (Phi) is 4.91. The number of hydrogen-bond acceptors (Lipinski definition) is 5. The van der Waals surface area contributed by atoms with Gasteiger partial charge in [0.25, 0.3) is 0 Å². The average Bonchev–Trinajstić information content (AvgIpc) is 2.91. The number of nitrogens with one attached hydrogen (secondary N) is 2. The monoisotopic (exact) mass is 365 g/mol. The molecule has 0 aromatic carbocycles. The fourth-order valence-electron chi connectivity index (χ4n) is 4.94. The van der Waals surface area contributed by atoms with E-state index in [1.807, 2.05) is 6.92 Å². The molecule has 2 bridgehead atoms. The molecule has 4 rings (SSSR count). The highest BCUT2D eigenvalue weighted by atomic mass is 16.7. The lowest BCUT2D eigenvalue weighted by Gasteiger charge is -2.64. The molecular formula is C18H32BN3O4. The van der Waals surface area contributed by atoms with Crippen molar-refractivity contribution in [1.29, 1.82) is 0 Å². The Labute approximate surface area is 156 Å². The quantitative estimate of drug-likeness (QED) is 0.620. The van der Waals surface area contributed by atoms with Crippen LogP contribution in [-0.2, 0) is 18.9 Å². The summed E-state index contributed by atoms with van der Waals surface area (Å²) in [5, 5.41) is 5.50. The fraction of sp³-hybridized carbons (Fsp3) is 0.889. The molecule has 4 fully saturated rings. The predicted octanol–water partition coefficient (Wildman–Crippen LogP) is 0.611. The van der Waals surface area contributed by atoms with Gasteiger partial charge in [0.2, 0.25) is 11.8 Å². The highest BCUT2D eigenvalue weighted by Gasteiger charge is 2.68. The van der Waals surface area contributed by atoms with E-state index in [0.717, 1.165) is 6.42 Å². The summed E-state index contributed by atoms with van der Waals surface area (Å²) in [4.78, 5) is 24.0. The van der Waals surface area contributed by atoms with Crippen LogP contribution in [0.15, 0.2) is 0 Å². The van der Waals surface area contributed by atoms with Gasteiger partial charge in [-0.1, -0.05) is 13.8 Å². The van der Waals surface area contributed by atoms with E-state index in [1.165, 1.54) is 6.42 Å². The van der Waals surface area contributed by atoms with Crippen molar-refractivity contribution in [3.8, 4) is 0 Å². The van der Waals surface area contributed by atoms with Crippen LogP contribution in [0, 0.1) is 17.3 Å². The first kappa shape index (κ1) is 19.6. The van der Waals surface area contributed by atoms with E-state index in [9.17, 15) is 9.59 Å². The average molecular weight is 365 g/mol. The van der Waals surface area contributed by atoms with E-state index in [1.54, 1.807) is 13.8 Å². The third kappa shape index (κ3) is 3.06. The van der Waals surface area contributed by atoms with Crippen molar-refractivity contribution < 1.29 is 18.9 Å². The molecule has 1 aliphatic heterocycles. The van der Waals surface area contributed by atoms with Gasteiger partial charge in [0.05, 0.1) is 23.7 Å². The summed E-state index contributed by atoms with van der Waals surface area (Å²) >= 11 is 0. The largest absolute Gasteiger partial charge is 0.481 e. The minimum atomic E-state index is -0.665. The van der Waals surface area contributed by atoms with Gasteiger partial charge in [-0.05, 0) is 57.8 Å². The van der Waals surface area contributed by atoms with E-state index >= 15 is 0 Å². The maximum atomic E-state index is 12.4. The maximum absolute atomic E-state index is 12.4. The molecule has 4 aliphatic rings. The molecule has 0 aromatic rings. The van der Waals surface area contributed by atoms with Gasteiger partial charge in [0.15, 0.2) is 0 Å². The van der Waals surface area contributed by atoms with Gasteiger partial charge in [-0.15, -0.1) is 0 Å². The summed E-state index contributed by atoms with van der Waals surface area (Å²) in [5.41, 5.74) is 5.51. The second kappa shape index (κ2) is 6.50. The summed E-state index contributed by atoms with van der Waals surface area (Å²) in [6.45, 7) is 11.9. The minimum absolute atomic E-state index is 0.0823. The maximum Gasteiger partial charge on any atom is 0.481 e. The number of hydrogen-bond donors (Lipinski definition) is 3. The van der Waals surface area contributed by atoms with Crippen LogP contribution in [0.25, 0.3) is 0 Å². The van der Waals surface area contributed by atoms with Crippen LogP contribution in [0.1, 0.15) is 54.4 Å². The van der Waals surface area contributed by atoms with Crippen molar-refractivity contribution in [2.45, 2.75) is 84.1 Å². The molecule has 0 radical (unpaired) electrons. The Bertz CT molecular complexity index is 599. The SMILES string of the molecule is CC(N)C(=O)NC(C)C(=O)N[C@@H](C)B1O[C@@H]2C[C@@H]3C[C@@H](C3(C)C)[C@]2(C)O1. The Morgan fingerprint density at radius 2 is 1.77 bits per heavy atom. The third-order valence-corrected chi connectivity index (χ3v) is 6.91. The van der Waals surface area contributed by atoms with Gasteiger partial charge >= 0.3 is 7.12 Å². The molecule has 7 nitrogen and oxygen atoms in total. The third-order valence-electron chi connectivity index (χ3n) is 6.91. The van der Waals surface area contributed by atoms with Crippen LogP contribution < -0.4 is 16.4 Å². The van der Waals surface area contributed by atoms with Crippen molar-refractivity contribution >= 4 is 18.9 Å². The van der Waals surface area contributed by atoms with Crippen LogP contribution in [0.5, 0.6) is 0 Å². The van der Waals surface area contributed by atoms with Gasteiger partial charge in [0, 0.05) is 0 Å². The lowest BCUT2D eigenvalue weighted by Crippen LogP contribution is -2.65. The molecule has 7 atom stereocenters. The smallest absolute Gasteiger partial charge is 0.404 e. The molecular weight excluding hydrogens is 333 g/mol. The fourth-order valence-corrected chi connectivity index (χ4v) is 4.94. The van der Waals surface area contributed by atoms with Gasteiger partial charge in [-0.3, -0.25) is 9.59 Å². The Morgan fingerprint density at radius 3 is 2.35 bits per heavy atom. The van der Waals surface area contributed by atoms with Crippen LogP contribution in [-0.4, -0.2) is 48.7 Å². The topological polar surface area (TPSA) is 103 Å². The number of nitrogens with two attached hydrogens (primary N) is 1. The molecule has 2 unspecified atom stereocenters. The first-order valence-electron chi connectivity index (χ1n) is 9.66. The Morgan fingerprint density at radius 1 is 1.12 bits per heavy atom. The second-order valence-corrected chi connectivity index (χ2v) is 9.15. The highest BCUT2D eigenvalue weighted by molar-refractivity contribution is 6.47. The number of amides is 2. The van der Waals surface area contributed by atoms with Crippen molar-refractivity contribution in [1.82, 2.24) is 10.6 Å². The summed E-state index contributed by atoms with van der Waals surface area (Å²) in [7, 11) is -0.472. The van der Waals surface area contributed by atoms with E-state index < -0.39 is 19.2 Å². The zero-order valence-electron chi connectivity index (χ0n) is 16.7. The van der Waals surface area contributed by atoms with Crippen LogP contribution in [0.2, 0.25) is 0 Å². The van der Waals surface area contributed by atoms with E-state index in [2.05, 4.69) is 31.4 Å². The van der Waals surface area contributed by atoms with Crippen LogP contribution in [0.4, 0.5) is 0 Å². The number of rotatable bonds is 5. The summed E-state index contributed by atoms with van der Waals surface area (Å²) in [6, 6.07) is -1.32. The summed E-state index contributed by atoms with van der Waals surface area (Å²) in [6.07, 6.45) is 2.29. The molecule has 0 aromatic heterocycles. The molecule has 8 heteroatoms. The lowest BCUT2D eigenvalue weighted by molar-refractivity contribution is -0.199. The van der Waals surface area contributed by atoms with Gasteiger partial charge in [-0.2, -0.15) is 0 Å². The van der Waals surface area contributed by atoms with Gasteiger partial charge in [0.1, 0.15) is 6.04 Å². The molecule has 26 heavy (non-hydrogen) atoms. The van der Waals surface area contributed by atoms with E-state index in [0.29, 0.717) is 11.8 Å². The van der Waals surface area contributed by atoms with Gasteiger partial charge in [-0.25, -0.2) is 0 Å². The highest BCUT2D eigenvalue weighted by Crippen LogP contribution is 2.65. The molecule has 3 saturated carbocycles. The predicted molar refractivity (Wildman–Crippen MR) is 99.0 cm³/mol. The van der Waals surface area contributed by atoms with E-state index in [-0.39, 0.29) is 34.9 Å². The standard InChI is InChI=1S/C18H32BN3O4/c1-9(20)15(23)21-10(2)16(24)22-11(3)19-25-14-8-12-7-13(17(12,4)5)18(14,6)26-19/h9-14H,7-8,20H2,1-6H3,(H,21,23)(H,22,24)/t9?,10?,11-,12-,13-,14+,18-/m0/s1. The summed E-state index contributed by atoms with van der Waals surface area (Å²) < 4.78 is 12.5. The molecule has 4 N–H and O–H groups in total. The molecule has 1 saturated heterocycles. The van der Waals surface area contributed by atoms with Crippen molar-refractivity contribution in [3.05, 3.63) is 0 Å². The van der Waals surface area contributed by atoms with Crippen molar-refractivity contribution in [2.75, 3.05) is 0 Å². The van der Waals surface area contributed by atoms with Crippen molar-refractivity contribution in [3.63, 3.8) is 0 Å². The van der Waals surface area contributed by atoms with Gasteiger partial charge < -0.3 is 25.7 Å². The van der Waals surface area contributed by atoms with E-state index in [4.69, 9.17) is 15.0 Å². The van der Waals surface area contributed by atoms with Crippen LogP contribution >= 0.6 is 0 Å². The normalized spacial score (nSPS) is 37.8. The number of carbonyl (C=O) groups is 2. The minimum Gasteiger partial charge on any atom is -0.404 e. The van der Waals surface area contributed by atoms with Crippen LogP contribution in [0.3, 0.4) is 0 Å². The molecule has 1 heterocycles.